The van der Waals surface area contributed by atoms with Crippen molar-refractivity contribution in [3.8, 4) is 28.7 Å². The van der Waals surface area contributed by atoms with E-state index in [-0.39, 0.29) is 18.2 Å². The van der Waals surface area contributed by atoms with Gasteiger partial charge in [0.05, 0.1) is 56.5 Å². The number of ether oxygens (including phenoxy) is 3. The van der Waals surface area contributed by atoms with Crippen LogP contribution in [0.1, 0.15) is 11.3 Å². The summed E-state index contributed by atoms with van der Waals surface area (Å²) in [5.41, 5.74) is 4.20. The monoisotopic (exact) mass is 509 g/mol. The van der Waals surface area contributed by atoms with Gasteiger partial charge in [-0.25, -0.2) is 0 Å². The van der Waals surface area contributed by atoms with Crippen molar-refractivity contribution in [2.24, 2.45) is 0 Å². The van der Waals surface area contributed by atoms with Crippen LogP contribution in [-0.4, -0.2) is 41.9 Å². The van der Waals surface area contributed by atoms with Gasteiger partial charge in [-0.15, -0.1) is 0 Å². The van der Waals surface area contributed by atoms with Crippen LogP contribution in [0.25, 0.3) is 33.6 Å². The normalized spacial score (nSPS) is 11.2. The molecular weight excluding hydrogens is 482 g/mol. The van der Waals surface area contributed by atoms with Gasteiger partial charge in [0.1, 0.15) is 11.5 Å². The number of aromatic nitrogens is 2. The molecular formula is C30H27N3O5. The maximum Gasteiger partial charge on any atom is 0.244 e. The standard InChI is InChI=1S/C30H27N3O5/c1-36-22-10-12-28(37-2)19(14-22)8-13-30(35)32-17-20-15-24-23-6-4-5-7-25(23)33(26(24)18-31-20)21-9-11-27(34)29(16-21)38-3/h4-16,18,34H,17H2,1-3H3,(H,32,35)/b13-8+. The van der Waals surface area contributed by atoms with Gasteiger partial charge in [-0.1, -0.05) is 18.2 Å². The van der Waals surface area contributed by atoms with Gasteiger partial charge in [-0.2, -0.15) is 0 Å². The molecule has 3 aromatic carbocycles. The Bertz CT molecular complexity index is 1670. The third-order valence-corrected chi connectivity index (χ3v) is 6.33. The summed E-state index contributed by atoms with van der Waals surface area (Å²) in [6.07, 6.45) is 4.94. The number of phenols is 1. The van der Waals surface area contributed by atoms with E-state index < -0.39 is 0 Å². The molecule has 0 bridgehead atoms. The minimum absolute atomic E-state index is 0.0760. The summed E-state index contributed by atoms with van der Waals surface area (Å²) in [5.74, 6) is 1.53. The van der Waals surface area contributed by atoms with E-state index in [9.17, 15) is 9.90 Å². The van der Waals surface area contributed by atoms with E-state index in [2.05, 4.69) is 20.9 Å². The zero-order valence-corrected chi connectivity index (χ0v) is 21.3. The van der Waals surface area contributed by atoms with Crippen LogP contribution in [0.5, 0.6) is 23.0 Å². The van der Waals surface area contributed by atoms with Crippen LogP contribution in [0.2, 0.25) is 0 Å². The van der Waals surface area contributed by atoms with Crippen molar-refractivity contribution in [2.45, 2.75) is 6.54 Å². The Balaban J connectivity index is 1.42. The lowest BCUT2D eigenvalue weighted by Gasteiger charge is -2.10. The van der Waals surface area contributed by atoms with Crippen LogP contribution in [0.3, 0.4) is 0 Å². The predicted octanol–water partition coefficient (Wildman–Crippen LogP) is 5.24. The summed E-state index contributed by atoms with van der Waals surface area (Å²) >= 11 is 0. The van der Waals surface area contributed by atoms with Gasteiger partial charge in [0.25, 0.3) is 0 Å². The van der Waals surface area contributed by atoms with Gasteiger partial charge in [0.15, 0.2) is 11.5 Å². The van der Waals surface area contributed by atoms with Crippen molar-refractivity contribution in [1.82, 2.24) is 14.9 Å². The number of hydrogen-bond acceptors (Lipinski definition) is 6. The van der Waals surface area contributed by atoms with Crippen LogP contribution >= 0.6 is 0 Å². The molecule has 8 heteroatoms. The zero-order chi connectivity index (χ0) is 26.6. The van der Waals surface area contributed by atoms with Crippen molar-refractivity contribution in [1.29, 1.82) is 0 Å². The molecule has 0 unspecified atom stereocenters. The summed E-state index contributed by atoms with van der Waals surface area (Å²) in [7, 11) is 4.69. The molecule has 0 radical (unpaired) electrons. The third-order valence-electron chi connectivity index (χ3n) is 6.33. The van der Waals surface area contributed by atoms with E-state index in [0.717, 1.165) is 38.8 Å². The number of aromatic hydroxyl groups is 1. The molecule has 0 aliphatic rings. The van der Waals surface area contributed by atoms with Crippen molar-refractivity contribution in [3.05, 3.63) is 90.3 Å². The highest BCUT2D eigenvalue weighted by atomic mass is 16.5. The minimum atomic E-state index is -0.254. The molecule has 0 aliphatic carbocycles. The Hall–Kier alpha value is -4.98. The Labute approximate surface area is 219 Å². The van der Waals surface area contributed by atoms with Gasteiger partial charge < -0.3 is 29.2 Å². The SMILES string of the molecule is COc1ccc(OC)c(/C=C/C(=O)NCc2cc3c4ccccc4n(-c4ccc(O)c(OC)c4)c3cn2)c1. The molecule has 5 aromatic rings. The Morgan fingerprint density at radius 1 is 0.921 bits per heavy atom. The number of pyridine rings is 1. The summed E-state index contributed by atoms with van der Waals surface area (Å²) in [6, 6.07) is 20.7. The summed E-state index contributed by atoms with van der Waals surface area (Å²) in [5, 5.41) is 15.0. The largest absolute Gasteiger partial charge is 0.504 e. The quantitative estimate of drug-likeness (QED) is 0.278. The summed E-state index contributed by atoms with van der Waals surface area (Å²) in [4.78, 5) is 17.2. The topological polar surface area (TPSA) is 94.8 Å². The van der Waals surface area contributed by atoms with Gasteiger partial charge in [0, 0.05) is 28.5 Å². The molecule has 2 aromatic heterocycles. The van der Waals surface area contributed by atoms with Crippen LogP contribution in [0, 0.1) is 0 Å². The number of nitrogens with zero attached hydrogens (tertiary/aromatic N) is 2. The molecule has 0 spiro atoms. The molecule has 192 valence electrons. The number of phenolic OH excluding ortho intramolecular Hbond substituents is 1. The van der Waals surface area contributed by atoms with E-state index in [1.54, 1.807) is 56.8 Å². The smallest absolute Gasteiger partial charge is 0.244 e. The average molecular weight is 510 g/mol. The number of para-hydroxylation sites is 1. The number of benzene rings is 3. The first kappa shape index (κ1) is 24.7. The number of carbonyl (C=O) groups excluding carboxylic acids is 1. The van der Waals surface area contributed by atoms with E-state index >= 15 is 0 Å². The number of rotatable bonds is 8. The van der Waals surface area contributed by atoms with Gasteiger partial charge in [-0.05, 0) is 48.5 Å². The zero-order valence-electron chi connectivity index (χ0n) is 21.3. The summed E-state index contributed by atoms with van der Waals surface area (Å²) in [6.45, 7) is 0.265. The molecule has 0 aliphatic heterocycles. The highest BCUT2D eigenvalue weighted by molar-refractivity contribution is 6.09. The highest BCUT2D eigenvalue weighted by Crippen LogP contribution is 2.35. The second-order valence-electron chi connectivity index (χ2n) is 8.56. The fourth-order valence-electron chi connectivity index (χ4n) is 4.46. The van der Waals surface area contributed by atoms with Crippen molar-refractivity contribution in [2.75, 3.05) is 21.3 Å². The first-order chi connectivity index (χ1) is 18.5. The lowest BCUT2D eigenvalue weighted by Crippen LogP contribution is -2.20. The van der Waals surface area contributed by atoms with E-state index in [4.69, 9.17) is 14.2 Å². The molecule has 2 N–H and O–H groups in total. The number of amides is 1. The first-order valence-electron chi connectivity index (χ1n) is 12.0. The second kappa shape index (κ2) is 10.6. The van der Waals surface area contributed by atoms with Crippen LogP contribution < -0.4 is 19.5 Å². The predicted molar refractivity (Wildman–Crippen MR) is 147 cm³/mol. The fourth-order valence-corrected chi connectivity index (χ4v) is 4.46. The Kier molecular flexibility index (Phi) is 6.86. The van der Waals surface area contributed by atoms with Crippen molar-refractivity contribution < 1.29 is 24.1 Å². The molecule has 0 atom stereocenters. The lowest BCUT2D eigenvalue weighted by molar-refractivity contribution is -0.116. The van der Waals surface area contributed by atoms with Crippen LogP contribution in [-0.2, 0) is 11.3 Å². The van der Waals surface area contributed by atoms with Crippen LogP contribution in [0.4, 0.5) is 0 Å². The highest BCUT2D eigenvalue weighted by Gasteiger charge is 2.15. The fraction of sp³-hybridized carbons (Fsp3) is 0.133. The van der Waals surface area contributed by atoms with Crippen LogP contribution in [0.15, 0.2) is 79.0 Å². The van der Waals surface area contributed by atoms with E-state index in [1.165, 1.54) is 13.2 Å². The maximum atomic E-state index is 12.6. The molecule has 0 saturated heterocycles. The lowest BCUT2D eigenvalue weighted by atomic mass is 10.1. The molecule has 8 nitrogen and oxygen atoms in total. The number of hydrogen-bond donors (Lipinski definition) is 2. The number of carbonyl (C=O) groups is 1. The molecule has 5 rings (SSSR count). The minimum Gasteiger partial charge on any atom is -0.504 e. The number of nitrogens with one attached hydrogen (secondary N) is 1. The molecule has 0 saturated carbocycles. The average Bonchev–Trinajstić information content (AvgIpc) is 3.28. The van der Waals surface area contributed by atoms with E-state index in [1.807, 2.05) is 30.3 Å². The molecule has 0 fully saturated rings. The van der Waals surface area contributed by atoms with Crippen molar-refractivity contribution in [3.63, 3.8) is 0 Å². The molecule has 38 heavy (non-hydrogen) atoms. The second-order valence-corrected chi connectivity index (χ2v) is 8.56. The first-order valence-corrected chi connectivity index (χ1v) is 12.0. The number of methoxy groups -OCH3 is 3. The maximum absolute atomic E-state index is 12.6. The molecule has 2 heterocycles. The Morgan fingerprint density at radius 3 is 2.53 bits per heavy atom. The van der Waals surface area contributed by atoms with Gasteiger partial charge in [0.2, 0.25) is 5.91 Å². The number of fused-ring (bicyclic) bond motifs is 3. The Morgan fingerprint density at radius 2 is 1.74 bits per heavy atom. The van der Waals surface area contributed by atoms with Gasteiger partial charge >= 0.3 is 0 Å². The summed E-state index contributed by atoms with van der Waals surface area (Å²) < 4.78 is 18.0. The molecule has 1 amide bonds. The van der Waals surface area contributed by atoms with Crippen molar-refractivity contribution >= 4 is 33.8 Å². The van der Waals surface area contributed by atoms with E-state index in [0.29, 0.717) is 17.2 Å². The van der Waals surface area contributed by atoms with Gasteiger partial charge in [-0.3, -0.25) is 9.78 Å². The third kappa shape index (κ3) is 4.71.